The van der Waals surface area contributed by atoms with E-state index in [1.807, 2.05) is 25.1 Å². The molecule has 0 aromatic heterocycles. The molecule has 1 aromatic rings. The third-order valence-electron chi connectivity index (χ3n) is 4.07. The molecule has 5 heteroatoms. The normalized spacial score (nSPS) is 19.2. The summed E-state index contributed by atoms with van der Waals surface area (Å²) in [5.74, 6) is 0.237. The van der Waals surface area contributed by atoms with Gasteiger partial charge in [-0.2, -0.15) is 0 Å². The van der Waals surface area contributed by atoms with Gasteiger partial charge in [0.1, 0.15) is 0 Å². The van der Waals surface area contributed by atoms with Crippen molar-refractivity contribution in [2.24, 2.45) is 5.92 Å². The van der Waals surface area contributed by atoms with E-state index in [1.165, 1.54) is 5.56 Å². The van der Waals surface area contributed by atoms with Crippen LogP contribution < -0.4 is 5.32 Å². The lowest BCUT2D eigenvalue weighted by atomic mass is 10.1. The predicted molar refractivity (Wildman–Crippen MR) is 85.6 cm³/mol. The number of hydrogen-bond donors (Lipinski definition) is 2. The first-order valence-electron chi connectivity index (χ1n) is 8.01. The number of carbonyl (C=O) groups is 1. The number of carbonyl (C=O) groups excluding carboxylic acids is 1. The Balaban J connectivity index is 1.57. The van der Waals surface area contributed by atoms with Gasteiger partial charge in [-0.05, 0) is 25.3 Å². The standard InChI is InChI=1S/C17H26N2O3/c1-14(16-6-3-2-4-7-16)22-11-5-9-18-17(21)19-10-8-15(12-19)13-20/h2-4,6-7,14-15,20H,5,8-13H2,1H3,(H,18,21). The number of nitrogens with zero attached hydrogens (tertiary/aromatic N) is 1. The molecular formula is C17H26N2O3. The Bertz CT molecular complexity index is 452. The van der Waals surface area contributed by atoms with Crippen molar-refractivity contribution < 1.29 is 14.6 Å². The molecule has 1 aromatic carbocycles. The lowest BCUT2D eigenvalue weighted by Gasteiger charge is -2.17. The van der Waals surface area contributed by atoms with E-state index in [9.17, 15) is 4.79 Å². The fourth-order valence-electron chi connectivity index (χ4n) is 2.63. The molecule has 0 bridgehead atoms. The molecule has 1 heterocycles. The molecule has 1 fully saturated rings. The van der Waals surface area contributed by atoms with Crippen LogP contribution in [0.25, 0.3) is 0 Å². The molecule has 0 radical (unpaired) electrons. The number of benzene rings is 1. The van der Waals surface area contributed by atoms with Crippen LogP contribution in [0, 0.1) is 5.92 Å². The van der Waals surface area contributed by atoms with Crippen molar-refractivity contribution >= 4 is 6.03 Å². The van der Waals surface area contributed by atoms with Gasteiger partial charge in [0.15, 0.2) is 0 Å². The summed E-state index contributed by atoms with van der Waals surface area (Å²) in [7, 11) is 0. The predicted octanol–water partition coefficient (Wildman–Crippen LogP) is 2.18. The van der Waals surface area contributed by atoms with E-state index < -0.39 is 0 Å². The maximum atomic E-state index is 11.9. The van der Waals surface area contributed by atoms with Crippen LogP contribution >= 0.6 is 0 Å². The fraction of sp³-hybridized carbons (Fsp3) is 0.588. The lowest BCUT2D eigenvalue weighted by molar-refractivity contribution is 0.0642. The van der Waals surface area contributed by atoms with Crippen LogP contribution in [0.1, 0.15) is 31.4 Å². The van der Waals surface area contributed by atoms with Crippen LogP contribution in [-0.4, -0.2) is 48.9 Å². The molecule has 2 unspecified atom stereocenters. The molecule has 0 saturated carbocycles. The van der Waals surface area contributed by atoms with Gasteiger partial charge in [-0.15, -0.1) is 0 Å². The molecular weight excluding hydrogens is 280 g/mol. The quantitative estimate of drug-likeness (QED) is 0.759. The van der Waals surface area contributed by atoms with E-state index in [-0.39, 0.29) is 24.7 Å². The molecule has 2 N–H and O–H groups in total. The Morgan fingerprint density at radius 2 is 2.23 bits per heavy atom. The number of urea groups is 1. The zero-order valence-corrected chi connectivity index (χ0v) is 13.2. The summed E-state index contributed by atoms with van der Waals surface area (Å²) in [6.45, 7) is 4.82. The van der Waals surface area contributed by atoms with Crippen LogP contribution in [0.4, 0.5) is 4.79 Å². The van der Waals surface area contributed by atoms with Gasteiger partial charge in [-0.1, -0.05) is 30.3 Å². The van der Waals surface area contributed by atoms with Crippen LogP contribution in [0.3, 0.4) is 0 Å². The van der Waals surface area contributed by atoms with Crippen LogP contribution in [0.15, 0.2) is 30.3 Å². The summed E-state index contributed by atoms with van der Waals surface area (Å²) in [5, 5.41) is 12.0. The summed E-state index contributed by atoms with van der Waals surface area (Å²) in [6.07, 6.45) is 1.75. The van der Waals surface area contributed by atoms with Crippen molar-refractivity contribution in [3.8, 4) is 0 Å². The van der Waals surface area contributed by atoms with Crippen LogP contribution in [-0.2, 0) is 4.74 Å². The van der Waals surface area contributed by atoms with Gasteiger partial charge in [-0.3, -0.25) is 0 Å². The molecule has 5 nitrogen and oxygen atoms in total. The number of ether oxygens (including phenoxy) is 1. The first-order valence-corrected chi connectivity index (χ1v) is 8.01. The molecule has 2 amide bonds. The highest BCUT2D eigenvalue weighted by atomic mass is 16.5. The van der Waals surface area contributed by atoms with E-state index in [0.29, 0.717) is 19.7 Å². The zero-order valence-electron chi connectivity index (χ0n) is 13.2. The van der Waals surface area contributed by atoms with E-state index in [1.54, 1.807) is 4.90 Å². The Morgan fingerprint density at radius 3 is 2.91 bits per heavy atom. The van der Waals surface area contributed by atoms with Gasteiger partial charge in [0.2, 0.25) is 0 Å². The first kappa shape index (κ1) is 16.8. The van der Waals surface area contributed by atoms with Gasteiger partial charge >= 0.3 is 6.03 Å². The summed E-state index contributed by atoms with van der Waals surface area (Å²) < 4.78 is 5.77. The second kappa shape index (κ2) is 8.76. The number of nitrogens with one attached hydrogen (secondary N) is 1. The number of aliphatic hydroxyl groups excluding tert-OH is 1. The highest BCUT2D eigenvalue weighted by molar-refractivity contribution is 5.74. The average molecular weight is 306 g/mol. The second-order valence-electron chi connectivity index (χ2n) is 5.79. The molecule has 2 rings (SSSR count). The van der Waals surface area contributed by atoms with Gasteiger partial charge in [0, 0.05) is 38.8 Å². The third kappa shape index (κ3) is 5.00. The Labute approximate surface area is 132 Å². The monoisotopic (exact) mass is 306 g/mol. The molecule has 0 aliphatic carbocycles. The molecule has 22 heavy (non-hydrogen) atoms. The van der Waals surface area contributed by atoms with Crippen molar-refractivity contribution in [2.45, 2.75) is 25.9 Å². The molecule has 2 atom stereocenters. The maximum absolute atomic E-state index is 11.9. The van der Waals surface area contributed by atoms with Gasteiger partial charge < -0.3 is 20.1 Å². The smallest absolute Gasteiger partial charge is 0.317 e. The first-order chi connectivity index (χ1) is 10.7. The van der Waals surface area contributed by atoms with E-state index in [2.05, 4.69) is 17.4 Å². The molecule has 122 valence electrons. The summed E-state index contributed by atoms with van der Waals surface area (Å²) in [4.78, 5) is 13.7. The highest BCUT2D eigenvalue weighted by Gasteiger charge is 2.25. The minimum Gasteiger partial charge on any atom is -0.396 e. The Kier molecular flexibility index (Phi) is 6.68. The fourth-order valence-corrected chi connectivity index (χ4v) is 2.63. The van der Waals surface area contributed by atoms with Crippen LogP contribution in [0.2, 0.25) is 0 Å². The number of likely N-dealkylation sites (tertiary alicyclic amines) is 1. The maximum Gasteiger partial charge on any atom is 0.317 e. The van der Waals surface area contributed by atoms with E-state index in [4.69, 9.17) is 9.84 Å². The Hall–Kier alpha value is -1.59. The van der Waals surface area contributed by atoms with Crippen LogP contribution in [0.5, 0.6) is 0 Å². The molecule has 0 spiro atoms. The third-order valence-corrected chi connectivity index (χ3v) is 4.07. The SMILES string of the molecule is CC(OCCCNC(=O)N1CCC(CO)C1)c1ccccc1. The van der Waals surface area contributed by atoms with E-state index >= 15 is 0 Å². The number of aliphatic hydroxyl groups is 1. The van der Waals surface area contributed by atoms with Crippen molar-refractivity contribution in [3.05, 3.63) is 35.9 Å². The highest BCUT2D eigenvalue weighted by Crippen LogP contribution is 2.16. The van der Waals surface area contributed by atoms with Crippen molar-refractivity contribution in [2.75, 3.05) is 32.8 Å². The Morgan fingerprint density at radius 1 is 1.45 bits per heavy atom. The molecule has 1 aliphatic rings. The second-order valence-corrected chi connectivity index (χ2v) is 5.79. The number of hydrogen-bond acceptors (Lipinski definition) is 3. The minimum absolute atomic E-state index is 0.0351. The molecule has 1 saturated heterocycles. The largest absolute Gasteiger partial charge is 0.396 e. The lowest BCUT2D eigenvalue weighted by Crippen LogP contribution is -2.39. The van der Waals surface area contributed by atoms with Crippen molar-refractivity contribution in [1.82, 2.24) is 10.2 Å². The average Bonchev–Trinajstić information content (AvgIpc) is 3.04. The minimum atomic E-state index is -0.0351. The van der Waals surface area contributed by atoms with Gasteiger partial charge in [0.25, 0.3) is 0 Å². The van der Waals surface area contributed by atoms with Gasteiger partial charge in [0.05, 0.1) is 6.10 Å². The number of rotatable bonds is 7. The zero-order chi connectivity index (χ0) is 15.8. The topological polar surface area (TPSA) is 61.8 Å². The summed E-state index contributed by atoms with van der Waals surface area (Å²) >= 11 is 0. The van der Waals surface area contributed by atoms with Crippen molar-refractivity contribution in [1.29, 1.82) is 0 Å². The summed E-state index contributed by atoms with van der Waals surface area (Å²) in [6, 6.07) is 10.1. The van der Waals surface area contributed by atoms with E-state index in [0.717, 1.165) is 19.4 Å². The number of amides is 2. The van der Waals surface area contributed by atoms with Gasteiger partial charge in [-0.25, -0.2) is 4.79 Å². The van der Waals surface area contributed by atoms with Crippen molar-refractivity contribution in [3.63, 3.8) is 0 Å². The molecule has 1 aliphatic heterocycles. The summed E-state index contributed by atoms with van der Waals surface area (Å²) in [5.41, 5.74) is 1.17.